The van der Waals surface area contributed by atoms with E-state index in [4.69, 9.17) is 5.73 Å². The molecule has 6 heteroatoms. The predicted molar refractivity (Wildman–Crippen MR) is 83.7 cm³/mol. The Labute approximate surface area is 129 Å². The summed E-state index contributed by atoms with van der Waals surface area (Å²) in [6, 6.07) is 7.58. The zero-order valence-corrected chi connectivity index (χ0v) is 12.7. The summed E-state index contributed by atoms with van der Waals surface area (Å²) in [5.74, 6) is 0.0453. The lowest BCUT2D eigenvalue weighted by Gasteiger charge is -2.38. The van der Waals surface area contributed by atoms with Crippen LogP contribution in [0.1, 0.15) is 36.5 Å². The zero-order valence-electron chi connectivity index (χ0n) is 12.7. The highest BCUT2D eigenvalue weighted by Crippen LogP contribution is 2.22. The van der Waals surface area contributed by atoms with Crippen LogP contribution in [0.3, 0.4) is 0 Å². The topological polar surface area (TPSA) is 77.0 Å². The van der Waals surface area contributed by atoms with Gasteiger partial charge in [-0.3, -0.25) is 4.79 Å². The first-order valence-corrected chi connectivity index (χ1v) is 7.68. The maximum absolute atomic E-state index is 12.9. The van der Waals surface area contributed by atoms with Crippen molar-refractivity contribution in [3.8, 4) is 5.69 Å². The van der Waals surface area contributed by atoms with Gasteiger partial charge in [-0.2, -0.15) is 5.10 Å². The number of hydrogen-bond donors (Lipinski definition) is 1. The number of hydrogen-bond acceptors (Lipinski definition) is 4. The standard InChI is InChI=1S/C16H21N5O/c1-12(17)15-7-2-3-8-20(15)16(22)13-5-4-6-14(9-13)21-11-18-10-19-21/h4-6,9-12,15H,2-3,7-8,17H2,1H3/t12-,15-/m0/s1. The summed E-state index contributed by atoms with van der Waals surface area (Å²) in [5, 5.41) is 4.10. The maximum Gasteiger partial charge on any atom is 0.254 e. The monoisotopic (exact) mass is 299 g/mol. The van der Waals surface area contributed by atoms with E-state index in [0.29, 0.717) is 5.56 Å². The first-order valence-electron chi connectivity index (χ1n) is 7.68. The summed E-state index contributed by atoms with van der Waals surface area (Å²) in [6.45, 7) is 2.75. The van der Waals surface area contributed by atoms with Crippen LogP contribution in [-0.4, -0.2) is 44.2 Å². The van der Waals surface area contributed by atoms with Gasteiger partial charge in [0.2, 0.25) is 0 Å². The van der Waals surface area contributed by atoms with Gasteiger partial charge in [0, 0.05) is 24.2 Å². The Bertz CT molecular complexity index is 638. The fourth-order valence-electron chi connectivity index (χ4n) is 3.04. The first kappa shape index (κ1) is 14.7. The Morgan fingerprint density at radius 3 is 3.00 bits per heavy atom. The van der Waals surface area contributed by atoms with Crippen molar-refractivity contribution < 1.29 is 4.79 Å². The predicted octanol–water partition coefficient (Wildman–Crippen LogP) is 1.61. The number of carbonyl (C=O) groups excluding carboxylic acids is 1. The number of amides is 1. The van der Waals surface area contributed by atoms with Crippen LogP contribution >= 0.6 is 0 Å². The van der Waals surface area contributed by atoms with Crippen LogP contribution in [-0.2, 0) is 0 Å². The maximum atomic E-state index is 12.9. The second kappa shape index (κ2) is 6.27. The molecule has 0 radical (unpaired) electrons. The molecule has 0 saturated carbocycles. The van der Waals surface area contributed by atoms with E-state index in [1.54, 1.807) is 11.0 Å². The molecule has 0 bridgehead atoms. The molecule has 22 heavy (non-hydrogen) atoms. The zero-order chi connectivity index (χ0) is 15.5. The van der Waals surface area contributed by atoms with Crippen molar-refractivity contribution in [2.75, 3.05) is 6.54 Å². The average Bonchev–Trinajstić information content (AvgIpc) is 3.09. The van der Waals surface area contributed by atoms with Crippen molar-refractivity contribution in [3.63, 3.8) is 0 Å². The molecule has 2 N–H and O–H groups in total. The van der Waals surface area contributed by atoms with Crippen LogP contribution in [0.25, 0.3) is 5.69 Å². The van der Waals surface area contributed by atoms with Crippen molar-refractivity contribution >= 4 is 5.91 Å². The van der Waals surface area contributed by atoms with Crippen molar-refractivity contribution in [1.29, 1.82) is 0 Å². The van der Waals surface area contributed by atoms with Crippen LogP contribution < -0.4 is 5.73 Å². The Balaban J connectivity index is 1.86. The van der Waals surface area contributed by atoms with Crippen LogP contribution in [0, 0.1) is 0 Å². The molecule has 1 aromatic carbocycles. The van der Waals surface area contributed by atoms with Gasteiger partial charge in [0.25, 0.3) is 5.91 Å². The highest BCUT2D eigenvalue weighted by molar-refractivity contribution is 5.95. The molecule has 2 heterocycles. The number of benzene rings is 1. The smallest absolute Gasteiger partial charge is 0.254 e. The molecule has 0 unspecified atom stereocenters. The summed E-state index contributed by atoms with van der Waals surface area (Å²) in [5.41, 5.74) is 7.56. The lowest BCUT2D eigenvalue weighted by molar-refractivity contribution is 0.0584. The second-order valence-electron chi connectivity index (χ2n) is 5.81. The van der Waals surface area contributed by atoms with Gasteiger partial charge < -0.3 is 10.6 Å². The number of rotatable bonds is 3. The third-order valence-electron chi connectivity index (χ3n) is 4.19. The van der Waals surface area contributed by atoms with E-state index < -0.39 is 0 Å². The number of piperidine rings is 1. The molecule has 1 amide bonds. The van der Waals surface area contributed by atoms with Gasteiger partial charge in [-0.15, -0.1) is 0 Å². The molecular formula is C16H21N5O. The van der Waals surface area contributed by atoms with Gasteiger partial charge in [0.1, 0.15) is 12.7 Å². The summed E-state index contributed by atoms with van der Waals surface area (Å²) in [6.07, 6.45) is 6.25. The highest BCUT2D eigenvalue weighted by atomic mass is 16.2. The molecule has 1 aliphatic heterocycles. The van der Waals surface area contributed by atoms with Gasteiger partial charge >= 0.3 is 0 Å². The lowest BCUT2D eigenvalue weighted by atomic mass is 9.96. The van der Waals surface area contributed by atoms with E-state index in [0.717, 1.165) is 31.5 Å². The van der Waals surface area contributed by atoms with E-state index >= 15 is 0 Å². The van der Waals surface area contributed by atoms with Crippen molar-refractivity contribution in [3.05, 3.63) is 42.5 Å². The summed E-state index contributed by atoms with van der Waals surface area (Å²) in [4.78, 5) is 18.7. The highest BCUT2D eigenvalue weighted by Gasteiger charge is 2.29. The number of aromatic nitrogens is 3. The fourth-order valence-corrected chi connectivity index (χ4v) is 3.04. The number of likely N-dealkylation sites (tertiary alicyclic amines) is 1. The van der Waals surface area contributed by atoms with Gasteiger partial charge in [0.15, 0.2) is 0 Å². The van der Waals surface area contributed by atoms with Gasteiger partial charge in [-0.1, -0.05) is 6.07 Å². The summed E-state index contributed by atoms with van der Waals surface area (Å²) in [7, 11) is 0. The van der Waals surface area contributed by atoms with Crippen molar-refractivity contribution in [2.45, 2.75) is 38.3 Å². The molecule has 6 nitrogen and oxygen atoms in total. The SMILES string of the molecule is C[C@H](N)[C@@H]1CCCCN1C(=O)c1cccc(-n2cncn2)c1. The second-order valence-corrected chi connectivity index (χ2v) is 5.81. The van der Waals surface area contributed by atoms with Gasteiger partial charge in [-0.25, -0.2) is 9.67 Å². The summed E-state index contributed by atoms with van der Waals surface area (Å²) >= 11 is 0. The van der Waals surface area contributed by atoms with Crippen LogP contribution in [0.15, 0.2) is 36.9 Å². The minimum absolute atomic E-state index is 0.0113. The Hall–Kier alpha value is -2.21. The Morgan fingerprint density at radius 2 is 2.27 bits per heavy atom. The van der Waals surface area contributed by atoms with Crippen LogP contribution in [0.2, 0.25) is 0 Å². The Kier molecular flexibility index (Phi) is 4.20. The largest absolute Gasteiger partial charge is 0.334 e. The molecule has 0 spiro atoms. The van der Waals surface area contributed by atoms with Crippen molar-refractivity contribution in [2.24, 2.45) is 5.73 Å². The molecular weight excluding hydrogens is 278 g/mol. The van der Waals surface area contributed by atoms with E-state index in [-0.39, 0.29) is 18.0 Å². The van der Waals surface area contributed by atoms with E-state index in [1.165, 1.54) is 6.33 Å². The van der Waals surface area contributed by atoms with Crippen LogP contribution in [0.4, 0.5) is 0 Å². The minimum Gasteiger partial charge on any atom is -0.334 e. The number of nitrogens with two attached hydrogens (primary N) is 1. The molecule has 1 saturated heterocycles. The van der Waals surface area contributed by atoms with Gasteiger partial charge in [-0.05, 0) is 44.4 Å². The number of nitrogens with zero attached hydrogens (tertiary/aromatic N) is 4. The molecule has 1 fully saturated rings. The molecule has 0 aliphatic carbocycles. The van der Waals surface area contributed by atoms with E-state index in [1.807, 2.05) is 36.1 Å². The average molecular weight is 299 g/mol. The number of carbonyl (C=O) groups is 1. The Morgan fingerprint density at radius 1 is 1.41 bits per heavy atom. The third-order valence-corrected chi connectivity index (χ3v) is 4.19. The quantitative estimate of drug-likeness (QED) is 0.934. The molecule has 2 aromatic rings. The normalized spacial score (nSPS) is 19.9. The minimum atomic E-state index is -0.0113. The van der Waals surface area contributed by atoms with Crippen molar-refractivity contribution in [1.82, 2.24) is 19.7 Å². The summed E-state index contributed by atoms with van der Waals surface area (Å²) < 4.78 is 1.65. The van der Waals surface area contributed by atoms with E-state index in [2.05, 4.69) is 10.1 Å². The van der Waals surface area contributed by atoms with Crippen LogP contribution in [0.5, 0.6) is 0 Å². The fraction of sp³-hybridized carbons (Fsp3) is 0.438. The molecule has 116 valence electrons. The first-order chi connectivity index (χ1) is 10.7. The molecule has 3 rings (SSSR count). The third kappa shape index (κ3) is 2.87. The lowest BCUT2D eigenvalue weighted by Crippen LogP contribution is -2.51. The van der Waals surface area contributed by atoms with Gasteiger partial charge in [0.05, 0.1) is 5.69 Å². The molecule has 2 atom stereocenters. The molecule has 1 aliphatic rings. The molecule has 1 aromatic heterocycles. The van der Waals surface area contributed by atoms with E-state index in [9.17, 15) is 4.79 Å².